The molecule has 0 amide bonds. The van der Waals surface area contributed by atoms with Crippen LogP contribution in [0.3, 0.4) is 0 Å². The van der Waals surface area contributed by atoms with Crippen molar-refractivity contribution in [2.45, 2.75) is 27.3 Å². The van der Waals surface area contributed by atoms with E-state index in [4.69, 9.17) is 4.74 Å². The lowest BCUT2D eigenvalue weighted by atomic mass is 10.1. The summed E-state index contributed by atoms with van der Waals surface area (Å²) in [6, 6.07) is 18.4. The van der Waals surface area contributed by atoms with Gasteiger partial charge in [-0.15, -0.1) is 0 Å². The first-order valence-corrected chi connectivity index (χ1v) is 11.4. The smallest absolute Gasteiger partial charge is 0.343 e. The predicted octanol–water partition coefficient (Wildman–Crippen LogP) is 6.27. The van der Waals surface area contributed by atoms with Crippen molar-refractivity contribution < 1.29 is 14.6 Å². The summed E-state index contributed by atoms with van der Waals surface area (Å²) >= 11 is 3.41. The minimum absolute atomic E-state index is 0.0712. The maximum absolute atomic E-state index is 12.5. The van der Waals surface area contributed by atoms with E-state index in [1.54, 1.807) is 36.5 Å². The summed E-state index contributed by atoms with van der Waals surface area (Å²) in [6.45, 7) is 9.12. The average molecular weight is 495 g/mol. The Labute approximate surface area is 197 Å². The zero-order valence-electron chi connectivity index (χ0n) is 18.5. The van der Waals surface area contributed by atoms with Crippen molar-refractivity contribution in [3.8, 4) is 11.5 Å². The second kappa shape index (κ2) is 11.1. The molecule has 6 heteroatoms. The van der Waals surface area contributed by atoms with Crippen molar-refractivity contribution in [2.75, 3.05) is 13.1 Å². The van der Waals surface area contributed by atoms with Gasteiger partial charge in [-0.05, 0) is 62.0 Å². The lowest BCUT2D eigenvalue weighted by Crippen LogP contribution is -2.21. The van der Waals surface area contributed by atoms with Gasteiger partial charge >= 0.3 is 5.97 Å². The summed E-state index contributed by atoms with van der Waals surface area (Å²) in [5, 5.41) is 10.6. The van der Waals surface area contributed by atoms with Crippen LogP contribution in [-0.4, -0.2) is 35.3 Å². The Morgan fingerprint density at radius 1 is 1.09 bits per heavy atom. The minimum Gasteiger partial charge on any atom is -0.504 e. The molecule has 0 radical (unpaired) electrons. The van der Waals surface area contributed by atoms with E-state index in [-0.39, 0.29) is 11.5 Å². The quantitative estimate of drug-likeness (QED) is 0.227. The number of hydrogen-bond acceptors (Lipinski definition) is 5. The van der Waals surface area contributed by atoms with E-state index in [1.807, 2.05) is 25.1 Å². The number of phenolic OH excluding ortho intramolecular Hbond substituents is 1. The third-order valence-corrected chi connectivity index (χ3v) is 5.57. The van der Waals surface area contributed by atoms with Crippen LogP contribution in [0.4, 0.5) is 5.69 Å². The number of aliphatic imine (C=N–C) groups is 1. The number of esters is 1. The number of nitrogens with zero attached hydrogens (tertiary/aromatic N) is 2. The number of ether oxygens (including phenoxy) is 1. The first-order chi connectivity index (χ1) is 15.4. The maximum atomic E-state index is 12.5. The molecule has 166 valence electrons. The molecule has 3 aromatic rings. The zero-order chi connectivity index (χ0) is 23.1. The number of rotatable bonds is 8. The van der Waals surface area contributed by atoms with E-state index in [9.17, 15) is 9.90 Å². The molecule has 32 heavy (non-hydrogen) atoms. The second-order valence-electron chi connectivity index (χ2n) is 7.49. The molecular weight excluding hydrogens is 468 g/mol. The molecule has 0 saturated carbocycles. The first-order valence-electron chi connectivity index (χ1n) is 10.6. The standard InChI is InChI=1S/C26H27BrN2O3/c1-4-29(5-2)17-19-9-11-23(12-10-19)28-16-21-14-22(27)15-24(25(21)30)32-26(31)20-8-6-7-18(3)13-20/h6-16,30H,4-5,17H2,1-3H3. The number of carbonyl (C=O) groups excluding carboxylic acids is 1. The summed E-state index contributed by atoms with van der Waals surface area (Å²) in [7, 11) is 0. The molecule has 0 aromatic heterocycles. The van der Waals surface area contributed by atoms with Gasteiger partial charge in [-0.3, -0.25) is 9.89 Å². The Morgan fingerprint density at radius 2 is 1.81 bits per heavy atom. The lowest BCUT2D eigenvalue weighted by molar-refractivity contribution is 0.0729. The van der Waals surface area contributed by atoms with E-state index in [0.717, 1.165) is 30.9 Å². The summed E-state index contributed by atoms with van der Waals surface area (Å²) in [5.74, 6) is -0.605. The minimum atomic E-state index is -0.534. The molecule has 3 rings (SSSR count). The van der Waals surface area contributed by atoms with Gasteiger partial charge in [-0.25, -0.2) is 4.79 Å². The molecule has 0 bridgehead atoms. The van der Waals surface area contributed by atoms with Crippen molar-refractivity contribution in [1.29, 1.82) is 0 Å². The highest BCUT2D eigenvalue weighted by molar-refractivity contribution is 9.10. The van der Waals surface area contributed by atoms with Gasteiger partial charge in [0.05, 0.1) is 11.3 Å². The Kier molecular flexibility index (Phi) is 8.20. The number of carbonyl (C=O) groups is 1. The molecule has 0 aliphatic rings. The third kappa shape index (κ3) is 6.28. The fourth-order valence-electron chi connectivity index (χ4n) is 3.24. The van der Waals surface area contributed by atoms with Crippen molar-refractivity contribution in [3.63, 3.8) is 0 Å². The molecule has 0 spiro atoms. The topological polar surface area (TPSA) is 62.1 Å². The Bertz CT molecular complexity index is 1110. The monoisotopic (exact) mass is 494 g/mol. The number of phenols is 1. The normalized spacial score (nSPS) is 11.3. The fraction of sp³-hybridized carbons (Fsp3) is 0.231. The summed E-state index contributed by atoms with van der Waals surface area (Å²) in [4.78, 5) is 19.3. The molecule has 1 N–H and O–H groups in total. The predicted molar refractivity (Wildman–Crippen MR) is 132 cm³/mol. The summed E-state index contributed by atoms with van der Waals surface area (Å²) in [5.41, 5.74) is 3.81. The van der Waals surface area contributed by atoms with Crippen molar-refractivity contribution in [3.05, 3.63) is 87.4 Å². The van der Waals surface area contributed by atoms with Crippen LogP contribution in [0.15, 0.2) is 70.1 Å². The Balaban J connectivity index is 1.76. The number of benzene rings is 3. The van der Waals surface area contributed by atoms with Gasteiger partial charge in [0.1, 0.15) is 0 Å². The second-order valence-corrected chi connectivity index (χ2v) is 8.40. The van der Waals surface area contributed by atoms with Crippen LogP contribution >= 0.6 is 15.9 Å². The van der Waals surface area contributed by atoms with Gasteiger partial charge in [-0.2, -0.15) is 0 Å². The van der Waals surface area contributed by atoms with E-state index < -0.39 is 5.97 Å². The number of hydrogen-bond donors (Lipinski definition) is 1. The Hall–Kier alpha value is -2.96. The highest BCUT2D eigenvalue weighted by Crippen LogP contribution is 2.34. The third-order valence-electron chi connectivity index (χ3n) is 5.12. The van der Waals surface area contributed by atoms with Gasteiger partial charge in [0, 0.05) is 22.8 Å². The molecule has 0 unspecified atom stereocenters. The lowest BCUT2D eigenvalue weighted by Gasteiger charge is -2.17. The number of aryl methyl sites for hydroxylation is 1. The zero-order valence-corrected chi connectivity index (χ0v) is 20.1. The van der Waals surface area contributed by atoms with Gasteiger partial charge in [0.15, 0.2) is 11.5 Å². The van der Waals surface area contributed by atoms with Gasteiger partial charge in [-0.1, -0.05) is 59.6 Å². The molecule has 0 saturated heterocycles. The van der Waals surface area contributed by atoms with Gasteiger partial charge < -0.3 is 9.84 Å². The highest BCUT2D eigenvalue weighted by atomic mass is 79.9. The Morgan fingerprint density at radius 3 is 2.47 bits per heavy atom. The van der Waals surface area contributed by atoms with Crippen LogP contribution in [0.1, 0.15) is 40.9 Å². The molecule has 0 fully saturated rings. The van der Waals surface area contributed by atoms with Gasteiger partial charge in [0.2, 0.25) is 0 Å². The summed E-state index contributed by atoms with van der Waals surface area (Å²) < 4.78 is 6.11. The largest absolute Gasteiger partial charge is 0.504 e. The number of aromatic hydroxyl groups is 1. The molecule has 0 atom stereocenters. The van der Waals surface area contributed by atoms with Crippen LogP contribution < -0.4 is 4.74 Å². The molecule has 0 aliphatic heterocycles. The first kappa shape index (κ1) is 23.7. The van der Waals surface area contributed by atoms with Crippen molar-refractivity contribution in [2.24, 2.45) is 4.99 Å². The van der Waals surface area contributed by atoms with E-state index in [1.165, 1.54) is 5.56 Å². The molecule has 0 heterocycles. The molecule has 3 aromatic carbocycles. The van der Waals surface area contributed by atoms with Crippen molar-refractivity contribution in [1.82, 2.24) is 4.90 Å². The highest BCUT2D eigenvalue weighted by Gasteiger charge is 2.15. The molecular formula is C26H27BrN2O3. The van der Waals surface area contributed by atoms with Crippen LogP contribution in [0.25, 0.3) is 0 Å². The van der Waals surface area contributed by atoms with E-state index in [0.29, 0.717) is 15.6 Å². The van der Waals surface area contributed by atoms with Crippen molar-refractivity contribution >= 4 is 33.8 Å². The fourth-order valence-corrected chi connectivity index (χ4v) is 3.69. The molecule has 0 aliphatic carbocycles. The van der Waals surface area contributed by atoms with Crippen LogP contribution in [0.5, 0.6) is 11.5 Å². The van der Waals surface area contributed by atoms with Crippen LogP contribution in [-0.2, 0) is 6.54 Å². The van der Waals surface area contributed by atoms with Crippen LogP contribution in [0, 0.1) is 6.92 Å². The van der Waals surface area contributed by atoms with E-state index >= 15 is 0 Å². The average Bonchev–Trinajstić information content (AvgIpc) is 2.79. The van der Waals surface area contributed by atoms with Crippen LogP contribution in [0.2, 0.25) is 0 Å². The SMILES string of the molecule is CCN(CC)Cc1ccc(N=Cc2cc(Br)cc(OC(=O)c3cccc(C)c3)c2O)cc1. The number of halogens is 1. The molecule has 5 nitrogen and oxygen atoms in total. The van der Waals surface area contributed by atoms with Gasteiger partial charge in [0.25, 0.3) is 0 Å². The maximum Gasteiger partial charge on any atom is 0.343 e. The van der Waals surface area contributed by atoms with E-state index in [2.05, 4.69) is 51.8 Å². The summed E-state index contributed by atoms with van der Waals surface area (Å²) in [6.07, 6.45) is 1.56.